The van der Waals surface area contributed by atoms with E-state index in [0.29, 0.717) is 18.0 Å². The van der Waals surface area contributed by atoms with Crippen molar-refractivity contribution in [3.63, 3.8) is 0 Å². The Balaban J connectivity index is 1.87. The normalized spacial score (nSPS) is 26.8. The van der Waals surface area contributed by atoms with Gasteiger partial charge >= 0.3 is 0 Å². The van der Waals surface area contributed by atoms with E-state index in [1.807, 2.05) is 12.1 Å². The zero-order chi connectivity index (χ0) is 14.5. The van der Waals surface area contributed by atoms with Crippen LogP contribution in [0.1, 0.15) is 52.7 Å². The van der Waals surface area contributed by atoms with Crippen LogP contribution in [-0.2, 0) is 6.54 Å². The van der Waals surface area contributed by atoms with Gasteiger partial charge in [-0.25, -0.2) is 0 Å². The van der Waals surface area contributed by atoms with Crippen molar-refractivity contribution < 1.29 is 4.74 Å². The van der Waals surface area contributed by atoms with Crippen molar-refractivity contribution in [2.45, 2.75) is 65.6 Å². The minimum absolute atomic E-state index is 0.294. The molecule has 0 aromatic carbocycles. The lowest BCUT2D eigenvalue weighted by atomic mass is 9.82. The van der Waals surface area contributed by atoms with Gasteiger partial charge in [-0.3, -0.25) is 0 Å². The van der Waals surface area contributed by atoms with Crippen molar-refractivity contribution in [1.29, 1.82) is 0 Å². The highest BCUT2D eigenvalue weighted by molar-refractivity contribution is 5.12. The Hall–Kier alpha value is -1.16. The zero-order valence-corrected chi connectivity index (χ0v) is 13.1. The molecule has 2 rings (SSSR count). The molecule has 1 fully saturated rings. The highest BCUT2D eigenvalue weighted by Gasteiger charge is 2.25. The Morgan fingerprint density at radius 3 is 2.40 bits per heavy atom. The van der Waals surface area contributed by atoms with E-state index >= 15 is 0 Å². The van der Waals surface area contributed by atoms with Gasteiger partial charge in [0, 0.05) is 18.7 Å². The Morgan fingerprint density at radius 2 is 1.85 bits per heavy atom. The van der Waals surface area contributed by atoms with Crippen molar-refractivity contribution in [3.05, 3.63) is 17.8 Å². The lowest BCUT2D eigenvalue weighted by Crippen LogP contribution is -2.29. The molecule has 4 nitrogen and oxygen atoms in total. The van der Waals surface area contributed by atoms with E-state index < -0.39 is 0 Å². The van der Waals surface area contributed by atoms with Gasteiger partial charge in [-0.2, -0.15) is 5.10 Å². The van der Waals surface area contributed by atoms with Crippen LogP contribution in [0, 0.1) is 11.8 Å². The molecule has 2 atom stereocenters. The van der Waals surface area contributed by atoms with Gasteiger partial charge in [-0.05, 0) is 37.2 Å². The molecule has 1 aliphatic rings. The van der Waals surface area contributed by atoms with E-state index in [9.17, 15) is 0 Å². The van der Waals surface area contributed by atoms with Gasteiger partial charge in [-0.15, -0.1) is 5.10 Å². The Bertz CT molecular complexity index is 395. The summed E-state index contributed by atoms with van der Waals surface area (Å²) in [5, 5.41) is 11.7. The van der Waals surface area contributed by atoms with Crippen molar-refractivity contribution >= 4 is 0 Å². The van der Waals surface area contributed by atoms with Crippen molar-refractivity contribution in [2.75, 3.05) is 0 Å². The van der Waals surface area contributed by atoms with Crippen LogP contribution in [0.4, 0.5) is 0 Å². The fourth-order valence-corrected chi connectivity index (χ4v) is 2.95. The summed E-state index contributed by atoms with van der Waals surface area (Å²) in [5.41, 5.74) is 0.955. The smallest absolute Gasteiger partial charge is 0.233 e. The van der Waals surface area contributed by atoms with Crippen LogP contribution in [-0.4, -0.2) is 22.3 Å². The fraction of sp³-hybridized carbons (Fsp3) is 0.750. The molecular weight excluding hydrogens is 250 g/mol. The van der Waals surface area contributed by atoms with Gasteiger partial charge in [0.15, 0.2) is 0 Å². The second-order valence-corrected chi connectivity index (χ2v) is 6.56. The second kappa shape index (κ2) is 7.02. The number of rotatable bonds is 5. The largest absolute Gasteiger partial charge is 0.473 e. The molecule has 0 radical (unpaired) electrons. The molecule has 1 aromatic heterocycles. The molecule has 1 saturated carbocycles. The van der Waals surface area contributed by atoms with Crippen LogP contribution < -0.4 is 10.1 Å². The third-order valence-corrected chi connectivity index (χ3v) is 3.81. The summed E-state index contributed by atoms with van der Waals surface area (Å²) in [5.74, 6) is 2.14. The first-order valence-corrected chi connectivity index (χ1v) is 7.75. The molecule has 20 heavy (non-hydrogen) atoms. The summed E-state index contributed by atoms with van der Waals surface area (Å²) >= 11 is 0. The molecule has 0 saturated heterocycles. The Morgan fingerprint density at radius 1 is 1.15 bits per heavy atom. The zero-order valence-electron chi connectivity index (χ0n) is 13.1. The van der Waals surface area contributed by atoms with Crippen LogP contribution in [0.2, 0.25) is 0 Å². The Labute approximate surface area is 122 Å². The Kier molecular flexibility index (Phi) is 5.35. The molecule has 1 aromatic rings. The van der Waals surface area contributed by atoms with E-state index in [1.165, 1.54) is 6.42 Å². The van der Waals surface area contributed by atoms with Crippen molar-refractivity contribution in [1.82, 2.24) is 15.5 Å². The first kappa shape index (κ1) is 15.2. The molecule has 1 heterocycles. The quantitative estimate of drug-likeness (QED) is 0.898. The summed E-state index contributed by atoms with van der Waals surface area (Å²) in [6.45, 7) is 9.60. The minimum Gasteiger partial charge on any atom is -0.473 e. The number of aromatic nitrogens is 2. The molecule has 0 spiro atoms. The summed E-state index contributed by atoms with van der Waals surface area (Å²) in [7, 11) is 0. The van der Waals surface area contributed by atoms with Crippen LogP contribution >= 0.6 is 0 Å². The van der Waals surface area contributed by atoms with Crippen molar-refractivity contribution in [3.8, 4) is 5.88 Å². The molecular formula is C16H27N3O. The van der Waals surface area contributed by atoms with E-state index in [0.717, 1.165) is 36.9 Å². The van der Waals surface area contributed by atoms with Gasteiger partial charge in [-0.1, -0.05) is 27.7 Å². The standard InChI is InChI=1S/C16H27N3O/c1-11(2)17-10-14-5-6-16(19-18-14)20-15-8-12(3)7-13(4)9-15/h5-6,11-13,15,17H,7-10H2,1-4H3. The maximum absolute atomic E-state index is 5.98. The summed E-state index contributed by atoms with van der Waals surface area (Å²) in [6, 6.07) is 4.39. The number of hydrogen-bond donors (Lipinski definition) is 1. The summed E-state index contributed by atoms with van der Waals surface area (Å²) in [6.07, 6.45) is 3.86. The van der Waals surface area contributed by atoms with Gasteiger partial charge < -0.3 is 10.1 Å². The third kappa shape index (κ3) is 4.75. The number of nitrogens with zero attached hydrogens (tertiary/aromatic N) is 2. The molecule has 0 aliphatic heterocycles. The van der Waals surface area contributed by atoms with Crippen LogP contribution in [0.25, 0.3) is 0 Å². The minimum atomic E-state index is 0.294. The van der Waals surface area contributed by atoms with Crippen LogP contribution in [0.5, 0.6) is 5.88 Å². The predicted octanol–water partition coefficient (Wildman–Crippen LogP) is 3.18. The lowest BCUT2D eigenvalue weighted by Gasteiger charge is -2.31. The molecule has 0 bridgehead atoms. The topological polar surface area (TPSA) is 47.0 Å². The third-order valence-electron chi connectivity index (χ3n) is 3.81. The van der Waals surface area contributed by atoms with Gasteiger partial charge in [0.05, 0.1) is 5.69 Å². The first-order chi connectivity index (χ1) is 9.52. The molecule has 112 valence electrons. The van der Waals surface area contributed by atoms with Gasteiger partial charge in [0.1, 0.15) is 6.10 Å². The van der Waals surface area contributed by atoms with E-state index in [-0.39, 0.29) is 0 Å². The van der Waals surface area contributed by atoms with E-state index in [2.05, 4.69) is 43.2 Å². The van der Waals surface area contributed by atoms with Gasteiger partial charge in [0.2, 0.25) is 5.88 Å². The molecule has 0 amide bonds. The maximum atomic E-state index is 5.98. The average molecular weight is 277 g/mol. The van der Waals surface area contributed by atoms with E-state index in [4.69, 9.17) is 4.74 Å². The van der Waals surface area contributed by atoms with Crippen molar-refractivity contribution in [2.24, 2.45) is 11.8 Å². The monoisotopic (exact) mass is 277 g/mol. The average Bonchev–Trinajstić information content (AvgIpc) is 2.36. The maximum Gasteiger partial charge on any atom is 0.233 e. The SMILES string of the molecule is CC1CC(C)CC(Oc2ccc(CNC(C)C)nn2)C1. The van der Waals surface area contributed by atoms with Crippen LogP contribution in [0.15, 0.2) is 12.1 Å². The second-order valence-electron chi connectivity index (χ2n) is 6.56. The number of ether oxygens (including phenoxy) is 1. The first-order valence-electron chi connectivity index (χ1n) is 7.75. The fourth-order valence-electron chi connectivity index (χ4n) is 2.95. The molecule has 2 unspecified atom stereocenters. The molecule has 1 aliphatic carbocycles. The van der Waals surface area contributed by atoms with Gasteiger partial charge in [0.25, 0.3) is 0 Å². The highest BCUT2D eigenvalue weighted by Crippen LogP contribution is 2.30. The van der Waals surface area contributed by atoms with E-state index in [1.54, 1.807) is 0 Å². The number of hydrogen-bond acceptors (Lipinski definition) is 4. The summed E-state index contributed by atoms with van der Waals surface area (Å²) < 4.78 is 5.98. The lowest BCUT2D eigenvalue weighted by molar-refractivity contribution is 0.0956. The van der Waals surface area contributed by atoms with Crippen LogP contribution in [0.3, 0.4) is 0 Å². The molecule has 1 N–H and O–H groups in total. The predicted molar refractivity (Wildman–Crippen MR) is 80.6 cm³/mol. The summed E-state index contributed by atoms with van der Waals surface area (Å²) in [4.78, 5) is 0. The molecule has 4 heteroatoms. The highest BCUT2D eigenvalue weighted by atomic mass is 16.5. The number of nitrogens with one attached hydrogen (secondary N) is 1.